The van der Waals surface area contributed by atoms with Crippen LogP contribution in [0.1, 0.15) is 5.01 Å². The lowest BCUT2D eigenvalue weighted by molar-refractivity contribution is 1.06. The minimum absolute atomic E-state index is 0.461. The number of nitrogens with zero attached hydrogens (tertiary/aromatic N) is 2. The Morgan fingerprint density at radius 2 is 2.43 bits per heavy atom. The van der Waals surface area contributed by atoms with Crippen LogP contribution in [0.15, 0.2) is 5.16 Å². The second-order valence-corrected chi connectivity index (χ2v) is 2.42. The van der Waals surface area contributed by atoms with E-state index in [1.165, 1.54) is 11.5 Å². The van der Waals surface area contributed by atoms with E-state index in [4.69, 9.17) is 0 Å². The van der Waals surface area contributed by atoms with E-state index in [1.807, 2.05) is 6.92 Å². The largest absolute Gasteiger partial charge is 0.231 e. The predicted molar refractivity (Wildman–Crippen MR) is 30.5 cm³/mol. The molecule has 0 aromatic carbocycles. The molecule has 0 aliphatic rings. The van der Waals surface area contributed by atoms with E-state index in [9.17, 15) is 0 Å². The molecule has 0 N–H and O–H groups in total. The highest BCUT2D eigenvalue weighted by Crippen LogP contribution is 2.03. The van der Waals surface area contributed by atoms with E-state index in [2.05, 4.69) is 22.0 Å². The van der Waals surface area contributed by atoms with Crippen LogP contribution in [-0.2, 0) is 0 Å². The molecule has 4 heteroatoms. The van der Waals surface area contributed by atoms with E-state index < -0.39 is 0 Å². The van der Waals surface area contributed by atoms with Gasteiger partial charge in [0.25, 0.3) is 0 Å². The molecule has 0 saturated carbocycles. The van der Waals surface area contributed by atoms with Crippen molar-refractivity contribution < 1.29 is 0 Å². The highest BCUT2D eigenvalue weighted by Gasteiger charge is 1.90. The van der Waals surface area contributed by atoms with E-state index in [-0.39, 0.29) is 0 Å². The molecule has 0 amide bonds. The summed E-state index contributed by atoms with van der Waals surface area (Å²) < 4.78 is 3.76. The monoisotopic (exact) mass is 131 g/mol. The molecule has 37 valence electrons. The van der Waals surface area contributed by atoms with Crippen molar-refractivity contribution in [1.82, 2.24) is 9.36 Å². The molecule has 0 spiro atoms. The zero-order valence-corrected chi connectivity index (χ0v) is 5.34. The summed E-state index contributed by atoms with van der Waals surface area (Å²) in [6, 6.07) is 0. The lowest BCUT2D eigenvalue weighted by atomic mass is 10.8. The Kier molecular flexibility index (Phi) is 1.21. The lowest BCUT2D eigenvalue weighted by Gasteiger charge is -1.65. The van der Waals surface area contributed by atoms with Crippen LogP contribution in [0.25, 0.3) is 0 Å². The summed E-state index contributed by atoms with van der Waals surface area (Å²) in [5.74, 6) is 0. The summed E-state index contributed by atoms with van der Waals surface area (Å²) in [5, 5.41) is 1.40. The van der Waals surface area contributed by atoms with Gasteiger partial charge in [0.05, 0.1) is 0 Å². The van der Waals surface area contributed by atoms with Crippen molar-refractivity contribution in [2.45, 2.75) is 12.1 Å². The van der Waals surface area contributed by atoms with Crippen LogP contribution in [0.4, 0.5) is 0 Å². The molecule has 7 heavy (non-hydrogen) atoms. The molecule has 0 aliphatic carbocycles. The molecule has 1 heterocycles. The van der Waals surface area contributed by atoms with Crippen molar-refractivity contribution >= 4 is 24.2 Å². The van der Waals surface area contributed by atoms with E-state index >= 15 is 0 Å². The van der Waals surface area contributed by atoms with Gasteiger partial charge in [-0.15, -0.1) is 0 Å². The summed E-state index contributed by atoms with van der Waals surface area (Å²) in [7, 11) is 0. The molecule has 0 atom stereocenters. The van der Waals surface area contributed by atoms with Crippen LogP contribution >= 0.6 is 24.2 Å². The molecule has 0 aliphatic heterocycles. The number of hydrogen-bond acceptors (Lipinski definition) is 3. The van der Waals surface area contributed by atoms with Crippen LogP contribution in [-0.4, -0.2) is 9.36 Å². The van der Waals surface area contributed by atoms with Crippen molar-refractivity contribution in [2.24, 2.45) is 0 Å². The first kappa shape index (κ1) is 4.93. The average molecular weight is 131 g/mol. The number of hydrogen-bond donors (Lipinski definition) is 0. The molecule has 1 aromatic rings. The second-order valence-electron chi connectivity index (χ2n) is 1.10. The first-order valence-electron chi connectivity index (χ1n) is 1.76. The van der Waals surface area contributed by atoms with Gasteiger partial charge < -0.3 is 0 Å². The van der Waals surface area contributed by atoms with Crippen molar-refractivity contribution in [3.05, 3.63) is 5.01 Å². The van der Waals surface area contributed by atoms with Gasteiger partial charge in [0.2, 0.25) is 5.16 Å². The van der Waals surface area contributed by atoms with Crippen molar-refractivity contribution in [2.75, 3.05) is 0 Å². The minimum Gasteiger partial charge on any atom is -0.211 e. The highest BCUT2D eigenvalue weighted by atomic mass is 32.1. The van der Waals surface area contributed by atoms with Gasteiger partial charge in [-0.2, -0.15) is 4.37 Å². The maximum absolute atomic E-state index is 4.62. The molecule has 1 radical (unpaired) electrons. The van der Waals surface area contributed by atoms with Crippen LogP contribution in [0.2, 0.25) is 0 Å². The zero-order valence-electron chi connectivity index (χ0n) is 3.71. The smallest absolute Gasteiger partial charge is 0.211 e. The number of aryl methyl sites for hydroxylation is 1. The first-order chi connectivity index (χ1) is 3.29. The molecule has 1 rings (SSSR count). The summed E-state index contributed by atoms with van der Waals surface area (Å²) in [4.78, 5) is 3.83. The van der Waals surface area contributed by atoms with Gasteiger partial charge in [0.15, 0.2) is 0 Å². The fraction of sp³-hybridized carbons (Fsp3) is 0.333. The van der Waals surface area contributed by atoms with Gasteiger partial charge in [-0.25, -0.2) is 4.98 Å². The zero-order chi connectivity index (χ0) is 5.28. The molecular weight excluding hydrogens is 128 g/mol. The van der Waals surface area contributed by atoms with E-state index in [0.717, 1.165) is 5.01 Å². The fourth-order valence-corrected chi connectivity index (χ4v) is 0.965. The Morgan fingerprint density at radius 1 is 1.71 bits per heavy atom. The Labute approximate surface area is 51.2 Å². The van der Waals surface area contributed by atoms with Crippen molar-refractivity contribution in [3.63, 3.8) is 0 Å². The van der Waals surface area contributed by atoms with Crippen LogP contribution in [0, 0.1) is 6.92 Å². The number of rotatable bonds is 0. The molecule has 0 saturated heterocycles. The summed E-state index contributed by atoms with van der Waals surface area (Å²) in [6.07, 6.45) is 0. The van der Waals surface area contributed by atoms with Gasteiger partial charge in [-0.05, 0) is 31.1 Å². The normalized spacial score (nSPS) is 9.29. The fourth-order valence-electron chi connectivity index (χ4n) is 0.281. The summed E-state index contributed by atoms with van der Waals surface area (Å²) in [5.41, 5.74) is 0. The lowest BCUT2D eigenvalue weighted by Crippen LogP contribution is -1.64. The van der Waals surface area contributed by atoms with Crippen molar-refractivity contribution in [1.29, 1.82) is 0 Å². The third kappa shape index (κ3) is 1.07. The predicted octanol–water partition coefficient (Wildman–Crippen LogP) is 1.40. The van der Waals surface area contributed by atoms with Crippen LogP contribution in [0.3, 0.4) is 0 Å². The van der Waals surface area contributed by atoms with Crippen LogP contribution < -0.4 is 0 Å². The Balaban J connectivity index is 3.04. The third-order valence-corrected chi connectivity index (χ3v) is 1.43. The molecular formula is C3H3N2S2. The standard InChI is InChI=1S/C3H3N2S2/c1-2-4-3(6)5-7-2/h1H3. The van der Waals surface area contributed by atoms with Crippen molar-refractivity contribution in [3.8, 4) is 0 Å². The first-order valence-corrected chi connectivity index (χ1v) is 2.94. The van der Waals surface area contributed by atoms with Crippen LogP contribution in [0.5, 0.6) is 0 Å². The molecule has 0 bridgehead atoms. The summed E-state index contributed by atoms with van der Waals surface area (Å²) >= 11 is 5.96. The average Bonchev–Trinajstić information content (AvgIpc) is 1.87. The molecule has 1 aromatic heterocycles. The molecule has 0 fully saturated rings. The maximum Gasteiger partial charge on any atom is 0.231 e. The minimum atomic E-state index is 0.461. The second kappa shape index (κ2) is 1.71. The number of aromatic nitrogens is 2. The Morgan fingerprint density at radius 3 is 2.57 bits per heavy atom. The highest BCUT2D eigenvalue weighted by molar-refractivity contribution is 7.80. The van der Waals surface area contributed by atoms with Gasteiger partial charge >= 0.3 is 0 Å². The van der Waals surface area contributed by atoms with E-state index in [1.54, 1.807) is 0 Å². The van der Waals surface area contributed by atoms with Gasteiger partial charge in [-0.3, -0.25) is 0 Å². The molecule has 0 unspecified atom stereocenters. The summed E-state index contributed by atoms with van der Waals surface area (Å²) in [6.45, 7) is 1.88. The maximum atomic E-state index is 4.62. The van der Waals surface area contributed by atoms with Gasteiger partial charge in [0, 0.05) is 0 Å². The van der Waals surface area contributed by atoms with Gasteiger partial charge in [0.1, 0.15) is 5.01 Å². The van der Waals surface area contributed by atoms with E-state index in [0.29, 0.717) is 5.16 Å². The molecule has 2 nitrogen and oxygen atoms in total. The topological polar surface area (TPSA) is 25.8 Å². The SMILES string of the molecule is Cc1nc([S])ns1. The Hall–Kier alpha value is -0.220. The van der Waals surface area contributed by atoms with Gasteiger partial charge in [-0.1, -0.05) is 0 Å². The quantitative estimate of drug-likeness (QED) is 0.532. The Bertz CT molecular complexity index is 143. The third-order valence-electron chi connectivity index (χ3n) is 0.509.